The third-order valence-electron chi connectivity index (χ3n) is 4.82. The lowest BCUT2D eigenvalue weighted by Gasteiger charge is -2.14. The topological polar surface area (TPSA) is 85.1 Å². The third-order valence-corrected chi connectivity index (χ3v) is 7.20. The molecule has 0 amide bonds. The van der Waals surface area contributed by atoms with Gasteiger partial charge in [-0.05, 0) is 59.8 Å². The Morgan fingerprint density at radius 3 is 2.52 bits per heavy atom. The van der Waals surface area contributed by atoms with Crippen molar-refractivity contribution in [3.8, 4) is 0 Å². The number of halogens is 4. The maximum atomic E-state index is 12.8. The molecule has 0 spiro atoms. The molecule has 6 nitrogen and oxygen atoms in total. The van der Waals surface area contributed by atoms with Crippen LogP contribution in [0.2, 0.25) is 0 Å². The highest BCUT2D eigenvalue weighted by atomic mass is 79.9. The van der Waals surface area contributed by atoms with Crippen LogP contribution in [0.1, 0.15) is 48.9 Å². The van der Waals surface area contributed by atoms with Crippen molar-refractivity contribution in [1.82, 2.24) is 14.9 Å². The minimum atomic E-state index is -4.55. The second-order valence-electron chi connectivity index (χ2n) is 6.97. The summed E-state index contributed by atoms with van der Waals surface area (Å²) in [5, 5.41) is 8.08. The molecule has 0 bridgehead atoms. The van der Waals surface area contributed by atoms with Crippen molar-refractivity contribution in [3.63, 3.8) is 0 Å². The molecule has 11 heteroatoms. The molecule has 0 unspecified atom stereocenters. The first-order valence-electron chi connectivity index (χ1n) is 8.31. The summed E-state index contributed by atoms with van der Waals surface area (Å²) < 4.78 is 71.4. The molecule has 146 valence electrons. The average molecular weight is 466 g/mol. The zero-order valence-corrected chi connectivity index (χ0v) is 16.3. The fourth-order valence-corrected chi connectivity index (χ4v) is 4.97. The van der Waals surface area contributed by atoms with E-state index in [2.05, 4.69) is 30.8 Å². The Morgan fingerprint density at radius 1 is 1.26 bits per heavy atom. The van der Waals surface area contributed by atoms with Gasteiger partial charge >= 0.3 is 6.18 Å². The molecule has 27 heavy (non-hydrogen) atoms. The van der Waals surface area contributed by atoms with E-state index in [0.29, 0.717) is 30.5 Å². The molecular formula is C16H15BrF3N3O3S. The molecule has 1 N–H and O–H groups in total. The normalized spacial score (nSPS) is 19.3. The van der Waals surface area contributed by atoms with Crippen LogP contribution in [-0.2, 0) is 21.6 Å². The van der Waals surface area contributed by atoms with E-state index in [1.807, 2.05) is 0 Å². The average Bonchev–Trinajstić information content (AvgIpc) is 3.52. The summed E-state index contributed by atoms with van der Waals surface area (Å²) >= 11 is 2.92. The van der Waals surface area contributed by atoms with Crippen LogP contribution in [0.15, 0.2) is 32.0 Å². The van der Waals surface area contributed by atoms with E-state index in [4.69, 9.17) is 4.42 Å². The van der Waals surface area contributed by atoms with Gasteiger partial charge in [-0.1, -0.05) is 0 Å². The van der Waals surface area contributed by atoms with Crippen molar-refractivity contribution >= 4 is 26.0 Å². The third kappa shape index (κ3) is 3.77. The fourth-order valence-electron chi connectivity index (χ4n) is 2.77. The summed E-state index contributed by atoms with van der Waals surface area (Å²) in [6.45, 7) is 0.0507. The van der Waals surface area contributed by atoms with Crippen molar-refractivity contribution < 1.29 is 26.0 Å². The van der Waals surface area contributed by atoms with Gasteiger partial charge in [0.2, 0.25) is 21.8 Å². The summed E-state index contributed by atoms with van der Waals surface area (Å²) in [6, 6.07) is 2.43. The molecule has 0 saturated heterocycles. The first-order chi connectivity index (χ1) is 12.6. The van der Waals surface area contributed by atoms with E-state index in [0.717, 1.165) is 31.0 Å². The van der Waals surface area contributed by atoms with E-state index in [1.54, 1.807) is 0 Å². The van der Waals surface area contributed by atoms with Crippen molar-refractivity contribution in [2.45, 2.75) is 48.1 Å². The van der Waals surface area contributed by atoms with Gasteiger partial charge in [-0.25, -0.2) is 13.1 Å². The lowest BCUT2D eigenvalue weighted by atomic mass is 10.1. The SMILES string of the molecule is O=S(=O)(NCC1(c2nnc(C3CC3)o2)CC1)c1ccc(C(F)(F)F)cc1Br. The summed E-state index contributed by atoms with van der Waals surface area (Å²) in [6.07, 6.45) is -1.11. The molecule has 2 aromatic rings. The molecular weight excluding hydrogens is 451 g/mol. The van der Waals surface area contributed by atoms with Crippen LogP contribution in [-0.4, -0.2) is 25.2 Å². The van der Waals surface area contributed by atoms with Crippen LogP contribution in [0, 0.1) is 0 Å². The maximum absolute atomic E-state index is 12.8. The van der Waals surface area contributed by atoms with Gasteiger partial charge in [-0.15, -0.1) is 10.2 Å². The predicted octanol–water partition coefficient (Wildman–Crippen LogP) is 3.74. The van der Waals surface area contributed by atoms with Gasteiger partial charge < -0.3 is 4.42 Å². The number of rotatable bonds is 6. The molecule has 2 aliphatic rings. The minimum Gasteiger partial charge on any atom is -0.424 e. The predicted molar refractivity (Wildman–Crippen MR) is 91.5 cm³/mol. The van der Waals surface area contributed by atoms with Crippen molar-refractivity contribution in [2.24, 2.45) is 0 Å². The molecule has 1 aromatic carbocycles. The van der Waals surface area contributed by atoms with Crippen LogP contribution < -0.4 is 4.72 Å². The molecule has 0 atom stereocenters. The van der Waals surface area contributed by atoms with E-state index in [1.165, 1.54) is 0 Å². The van der Waals surface area contributed by atoms with Crippen LogP contribution >= 0.6 is 15.9 Å². The van der Waals surface area contributed by atoms with Crippen LogP contribution in [0.25, 0.3) is 0 Å². The highest BCUT2D eigenvalue weighted by Crippen LogP contribution is 2.49. The quantitative estimate of drug-likeness (QED) is 0.702. The van der Waals surface area contributed by atoms with Gasteiger partial charge in [-0.2, -0.15) is 13.2 Å². The van der Waals surface area contributed by atoms with Gasteiger partial charge in [0.1, 0.15) is 0 Å². The summed E-state index contributed by atoms with van der Waals surface area (Å²) in [7, 11) is -4.01. The van der Waals surface area contributed by atoms with Gasteiger partial charge in [0.15, 0.2) is 0 Å². The number of alkyl halides is 3. The Bertz CT molecular complexity index is 982. The Kier molecular flexibility index (Phi) is 4.39. The second kappa shape index (κ2) is 6.28. The lowest BCUT2D eigenvalue weighted by Crippen LogP contribution is -2.32. The largest absolute Gasteiger partial charge is 0.424 e. The molecule has 2 aliphatic carbocycles. The number of nitrogens with zero attached hydrogens (tertiary/aromatic N) is 2. The highest BCUT2D eigenvalue weighted by Gasteiger charge is 2.50. The number of hydrogen-bond donors (Lipinski definition) is 1. The smallest absolute Gasteiger partial charge is 0.416 e. The molecule has 2 saturated carbocycles. The number of hydrogen-bond acceptors (Lipinski definition) is 5. The van der Waals surface area contributed by atoms with Crippen molar-refractivity contribution in [2.75, 3.05) is 6.54 Å². The molecule has 0 aliphatic heterocycles. The van der Waals surface area contributed by atoms with Crippen LogP contribution in [0.3, 0.4) is 0 Å². The monoisotopic (exact) mass is 465 g/mol. The van der Waals surface area contributed by atoms with Gasteiger partial charge in [0.25, 0.3) is 0 Å². The Balaban J connectivity index is 1.50. The maximum Gasteiger partial charge on any atom is 0.416 e. The second-order valence-corrected chi connectivity index (χ2v) is 9.56. The van der Waals surface area contributed by atoms with Crippen molar-refractivity contribution in [3.05, 3.63) is 40.0 Å². The zero-order chi connectivity index (χ0) is 19.4. The van der Waals surface area contributed by atoms with E-state index in [-0.39, 0.29) is 15.9 Å². The zero-order valence-electron chi connectivity index (χ0n) is 13.9. The summed E-state index contributed by atoms with van der Waals surface area (Å²) in [5.74, 6) is 1.31. The van der Waals surface area contributed by atoms with E-state index in [9.17, 15) is 21.6 Å². The number of aromatic nitrogens is 2. The number of nitrogens with one attached hydrogen (secondary N) is 1. The Morgan fingerprint density at radius 2 is 1.96 bits per heavy atom. The fraction of sp³-hybridized carbons (Fsp3) is 0.500. The lowest BCUT2D eigenvalue weighted by molar-refractivity contribution is -0.137. The molecule has 1 heterocycles. The van der Waals surface area contributed by atoms with Crippen LogP contribution in [0.4, 0.5) is 13.2 Å². The van der Waals surface area contributed by atoms with Crippen molar-refractivity contribution in [1.29, 1.82) is 0 Å². The summed E-state index contributed by atoms with van der Waals surface area (Å²) in [5.41, 5.74) is -1.46. The number of benzene rings is 1. The molecule has 0 radical (unpaired) electrons. The molecule has 4 rings (SSSR count). The minimum absolute atomic E-state index is 0.0507. The Labute approximate surface area is 161 Å². The molecule has 1 aromatic heterocycles. The summed E-state index contributed by atoms with van der Waals surface area (Å²) in [4.78, 5) is -0.254. The van der Waals surface area contributed by atoms with Gasteiger partial charge in [-0.3, -0.25) is 0 Å². The van der Waals surface area contributed by atoms with Crippen LogP contribution in [0.5, 0.6) is 0 Å². The van der Waals surface area contributed by atoms with E-state index >= 15 is 0 Å². The standard InChI is InChI=1S/C16H15BrF3N3O3S/c17-11-7-10(16(18,19)20)3-4-12(11)27(24,25)21-8-15(5-6-15)14-23-22-13(26-14)9-1-2-9/h3-4,7,9,21H,1-2,5-6,8H2. The first kappa shape index (κ1) is 18.9. The van der Waals surface area contributed by atoms with E-state index < -0.39 is 27.2 Å². The first-order valence-corrected chi connectivity index (χ1v) is 10.6. The Hall–Kier alpha value is -1.46. The van der Waals surface area contributed by atoms with Gasteiger partial charge in [0.05, 0.1) is 15.9 Å². The van der Waals surface area contributed by atoms with Gasteiger partial charge in [0, 0.05) is 16.9 Å². The highest BCUT2D eigenvalue weighted by molar-refractivity contribution is 9.10. The molecule has 2 fully saturated rings. The number of sulfonamides is 1.